The van der Waals surface area contributed by atoms with Crippen molar-refractivity contribution in [3.8, 4) is 0 Å². The van der Waals surface area contributed by atoms with E-state index in [1.807, 2.05) is 13.8 Å². The van der Waals surface area contributed by atoms with E-state index in [0.717, 1.165) is 29.9 Å². The Bertz CT molecular complexity index is 683. The van der Waals surface area contributed by atoms with Crippen molar-refractivity contribution in [1.29, 1.82) is 0 Å². The van der Waals surface area contributed by atoms with Gasteiger partial charge in [0.15, 0.2) is 0 Å². The van der Waals surface area contributed by atoms with Gasteiger partial charge in [-0.1, -0.05) is 51.0 Å². The highest BCUT2D eigenvalue weighted by molar-refractivity contribution is 5.38. The van der Waals surface area contributed by atoms with Crippen molar-refractivity contribution in [2.24, 2.45) is 23.2 Å². The summed E-state index contributed by atoms with van der Waals surface area (Å²) in [6.45, 7) is 12.8. The monoisotopic (exact) mass is 416 g/mol. The zero-order valence-corrected chi connectivity index (χ0v) is 19.7. The summed E-state index contributed by atoms with van der Waals surface area (Å²) < 4.78 is 0. The molecule has 3 heteroatoms. The minimum Gasteiger partial charge on any atom is -0.393 e. The van der Waals surface area contributed by atoms with Crippen LogP contribution in [0.5, 0.6) is 0 Å². The lowest BCUT2D eigenvalue weighted by Crippen LogP contribution is -2.36. The predicted octanol–water partition coefficient (Wildman–Crippen LogP) is 5.70. The Hall–Kier alpha value is -0.900. The van der Waals surface area contributed by atoms with E-state index in [0.29, 0.717) is 30.1 Å². The van der Waals surface area contributed by atoms with Crippen molar-refractivity contribution in [2.45, 2.75) is 110 Å². The first-order chi connectivity index (χ1) is 14.0. The second-order valence-electron chi connectivity index (χ2n) is 11.3. The van der Waals surface area contributed by atoms with E-state index < -0.39 is 17.8 Å². The molecule has 0 radical (unpaired) electrons. The van der Waals surface area contributed by atoms with E-state index in [2.05, 4.69) is 32.6 Å². The lowest BCUT2D eigenvalue weighted by molar-refractivity contribution is 0.0596. The van der Waals surface area contributed by atoms with Crippen molar-refractivity contribution >= 4 is 0 Å². The number of rotatable bonds is 6. The summed E-state index contributed by atoms with van der Waals surface area (Å²) >= 11 is 0. The fourth-order valence-electron chi connectivity index (χ4n) is 6.74. The van der Waals surface area contributed by atoms with Crippen LogP contribution in [-0.4, -0.2) is 33.1 Å². The van der Waals surface area contributed by atoms with Gasteiger partial charge in [-0.05, 0) is 93.1 Å². The highest BCUT2D eigenvalue weighted by atomic mass is 16.3. The van der Waals surface area contributed by atoms with Gasteiger partial charge in [0, 0.05) is 6.42 Å². The molecule has 30 heavy (non-hydrogen) atoms. The molecule has 3 fully saturated rings. The van der Waals surface area contributed by atoms with Crippen LogP contribution < -0.4 is 0 Å². The highest BCUT2D eigenvalue weighted by Crippen LogP contribution is 2.60. The summed E-state index contributed by atoms with van der Waals surface area (Å²) in [6.07, 6.45) is 13.9. The van der Waals surface area contributed by atoms with Crippen molar-refractivity contribution < 1.29 is 15.3 Å². The van der Waals surface area contributed by atoms with Gasteiger partial charge in [0.2, 0.25) is 0 Å². The van der Waals surface area contributed by atoms with Crippen molar-refractivity contribution in [3.05, 3.63) is 35.5 Å². The normalized spacial score (nSPS) is 38.8. The summed E-state index contributed by atoms with van der Waals surface area (Å²) in [6, 6.07) is 0. The number of hydrogen-bond acceptors (Lipinski definition) is 3. The van der Waals surface area contributed by atoms with Crippen LogP contribution in [0.1, 0.15) is 91.9 Å². The minimum atomic E-state index is -0.615. The Morgan fingerprint density at radius 2 is 1.97 bits per heavy atom. The molecule has 3 nitrogen and oxygen atoms in total. The quantitative estimate of drug-likeness (QED) is 0.520. The van der Waals surface area contributed by atoms with Crippen LogP contribution in [0.25, 0.3) is 0 Å². The van der Waals surface area contributed by atoms with Gasteiger partial charge in [-0.2, -0.15) is 0 Å². The van der Waals surface area contributed by atoms with Crippen LogP contribution in [0, 0.1) is 23.2 Å². The molecule has 0 aromatic carbocycles. The van der Waals surface area contributed by atoms with E-state index in [4.69, 9.17) is 0 Å². The molecule has 0 unspecified atom stereocenters. The van der Waals surface area contributed by atoms with Gasteiger partial charge in [0.25, 0.3) is 0 Å². The van der Waals surface area contributed by atoms with Gasteiger partial charge >= 0.3 is 0 Å². The second kappa shape index (κ2) is 9.30. The van der Waals surface area contributed by atoms with Gasteiger partial charge in [-0.25, -0.2) is 0 Å². The molecule has 6 atom stereocenters. The number of hydrogen-bond donors (Lipinski definition) is 3. The second-order valence-corrected chi connectivity index (χ2v) is 11.3. The van der Waals surface area contributed by atoms with E-state index in [-0.39, 0.29) is 0 Å². The zero-order chi connectivity index (χ0) is 22.1. The molecule has 0 amide bonds. The van der Waals surface area contributed by atoms with E-state index in [1.165, 1.54) is 38.5 Å². The van der Waals surface area contributed by atoms with Crippen LogP contribution in [-0.2, 0) is 0 Å². The molecule has 0 aromatic rings. The largest absolute Gasteiger partial charge is 0.393 e. The zero-order valence-electron chi connectivity index (χ0n) is 19.7. The summed E-state index contributed by atoms with van der Waals surface area (Å²) in [5, 5.41) is 30.2. The first-order valence-electron chi connectivity index (χ1n) is 12.2. The Balaban J connectivity index is 1.70. The molecular weight excluding hydrogens is 372 g/mol. The minimum absolute atomic E-state index is 0.374. The fraction of sp³-hybridized carbons (Fsp3) is 0.778. The van der Waals surface area contributed by atoms with E-state index in [9.17, 15) is 15.3 Å². The highest BCUT2D eigenvalue weighted by Gasteiger charge is 2.50. The Kier molecular flexibility index (Phi) is 7.37. The third-order valence-corrected chi connectivity index (χ3v) is 8.44. The van der Waals surface area contributed by atoms with Crippen LogP contribution in [0.15, 0.2) is 35.5 Å². The lowest BCUT2D eigenvalue weighted by Gasteiger charge is -2.44. The Morgan fingerprint density at radius 3 is 2.67 bits per heavy atom. The van der Waals surface area contributed by atoms with Gasteiger partial charge in [-0.3, -0.25) is 0 Å². The number of aliphatic hydroxyl groups is 3. The van der Waals surface area contributed by atoms with Crippen molar-refractivity contribution in [3.63, 3.8) is 0 Å². The average molecular weight is 417 g/mol. The SMILES string of the molecule is C=C1/C(=C\C=C2\CCC[C@]3(C)[C@@H]([C@H](C)CCCC(C)(C)O)CC[C@@H]23)C[C@@H](O)C[C@@H]1O. The van der Waals surface area contributed by atoms with Crippen LogP contribution in [0.2, 0.25) is 0 Å². The molecule has 0 saturated heterocycles. The first kappa shape index (κ1) is 23.8. The predicted molar refractivity (Wildman–Crippen MR) is 124 cm³/mol. The third kappa shape index (κ3) is 5.29. The maximum atomic E-state index is 10.1. The molecule has 0 heterocycles. The van der Waals surface area contributed by atoms with E-state index >= 15 is 0 Å². The first-order valence-corrected chi connectivity index (χ1v) is 12.2. The van der Waals surface area contributed by atoms with Crippen LogP contribution in [0.3, 0.4) is 0 Å². The average Bonchev–Trinajstić information content (AvgIpc) is 3.00. The summed E-state index contributed by atoms with van der Waals surface area (Å²) in [5.41, 5.74) is 3.17. The van der Waals surface area contributed by atoms with Gasteiger partial charge in [0.1, 0.15) is 0 Å². The smallest absolute Gasteiger partial charge is 0.0811 e. The topological polar surface area (TPSA) is 60.7 Å². The molecule has 0 bridgehead atoms. The molecule has 3 N–H and O–H groups in total. The standard InChI is InChI=1S/C27H44O3/c1-18(8-6-14-26(3,4)30)23-12-13-24-20(9-7-15-27(23,24)5)10-11-21-16-22(28)17-25(29)19(21)2/h10-11,18,22-25,28-30H,2,6-9,12-17H2,1,3-5H3/b20-10-,21-11-/t18-,22-,23-,24+,25+,27-/m1/s1. The van der Waals surface area contributed by atoms with Crippen molar-refractivity contribution in [2.75, 3.05) is 0 Å². The van der Waals surface area contributed by atoms with Crippen molar-refractivity contribution in [1.82, 2.24) is 0 Å². The Labute approximate surface area is 184 Å². The number of fused-ring (bicyclic) bond motifs is 1. The van der Waals surface area contributed by atoms with E-state index in [1.54, 1.807) is 5.57 Å². The molecule has 3 saturated carbocycles. The molecule has 3 aliphatic rings. The number of aliphatic hydroxyl groups excluding tert-OH is 2. The summed E-state index contributed by atoms with van der Waals surface area (Å²) in [7, 11) is 0. The molecule has 3 aliphatic carbocycles. The summed E-state index contributed by atoms with van der Waals surface area (Å²) in [4.78, 5) is 0. The molecule has 0 aliphatic heterocycles. The van der Waals surface area contributed by atoms with Gasteiger partial charge in [-0.15, -0.1) is 0 Å². The number of allylic oxidation sites excluding steroid dienone is 3. The van der Waals surface area contributed by atoms with Gasteiger partial charge in [0.05, 0.1) is 17.8 Å². The summed E-state index contributed by atoms with van der Waals surface area (Å²) in [5.74, 6) is 2.11. The van der Waals surface area contributed by atoms with Crippen LogP contribution >= 0.6 is 0 Å². The molecule has 3 rings (SSSR count). The molecular formula is C27H44O3. The Morgan fingerprint density at radius 1 is 1.23 bits per heavy atom. The van der Waals surface area contributed by atoms with Gasteiger partial charge < -0.3 is 15.3 Å². The third-order valence-electron chi connectivity index (χ3n) is 8.44. The fourth-order valence-corrected chi connectivity index (χ4v) is 6.74. The molecule has 0 aromatic heterocycles. The molecule has 170 valence electrons. The van der Waals surface area contributed by atoms with Crippen LogP contribution in [0.4, 0.5) is 0 Å². The lowest BCUT2D eigenvalue weighted by atomic mass is 9.60. The maximum absolute atomic E-state index is 10.1. The maximum Gasteiger partial charge on any atom is 0.0811 e. The molecule has 0 spiro atoms.